The van der Waals surface area contributed by atoms with E-state index in [1.807, 2.05) is 0 Å². The highest BCUT2D eigenvalue weighted by Gasteiger charge is 2.32. The molecule has 0 fully saturated rings. The van der Waals surface area contributed by atoms with Gasteiger partial charge in [-0.2, -0.15) is 13.2 Å². The molecule has 2 aromatic carbocycles. The number of thioether (sulfide) groups is 1. The van der Waals surface area contributed by atoms with Crippen LogP contribution in [0.5, 0.6) is 0 Å². The van der Waals surface area contributed by atoms with Crippen LogP contribution in [0.4, 0.5) is 36.8 Å². The molecule has 0 N–H and O–H groups in total. The van der Waals surface area contributed by atoms with Gasteiger partial charge >= 0.3 is 11.5 Å². The number of carbonyl (C=O) groups excluding carboxylic acids is 2. The maximum absolute atomic E-state index is 14.3. The summed E-state index contributed by atoms with van der Waals surface area (Å²) in [6.45, 7) is 2.90. The molecular formula is C19H14F6N2O2S. The third-order valence-corrected chi connectivity index (χ3v) is 4.49. The first-order valence-electron chi connectivity index (χ1n) is 8.16. The van der Waals surface area contributed by atoms with Gasteiger partial charge < -0.3 is 0 Å². The Labute approximate surface area is 171 Å². The monoisotopic (exact) mass is 448 g/mol. The van der Waals surface area contributed by atoms with Crippen molar-refractivity contribution >= 4 is 29.4 Å². The third kappa shape index (κ3) is 5.35. The maximum Gasteiger partial charge on any atom is 0.446 e. The Kier molecular flexibility index (Phi) is 7.19. The highest BCUT2D eigenvalue weighted by molar-refractivity contribution is 8.00. The molecule has 0 bridgehead atoms. The SMILES string of the molecule is C=CCN(C(=O)c1c(F)cccc1F)C(=O)N(C)c1ccc(SC(F)(F)F)cc1F. The van der Waals surface area contributed by atoms with E-state index in [-0.39, 0.29) is 0 Å². The lowest BCUT2D eigenvalue weighted by Crippen LogP contribution is -2.45. The van der Waals surface area contributed by atoms with Crippen molar-refractivity contribution in [3.8, 4) is 0 Å². The lowest BCUT2D eigenvalue weighted by Gasteiger charge is -2.26. The molecule has 0 saturated carbocycles. The number of alkyl halides is 3. The molecule has 0 atom stereocenters. The molecule has 0 radical (unpaired) electrons. The molecule has 0 heterocycles. The Hall–Kier alpha value is -2.95. The topological polar surface area (TPSA) is 40.6 Å². The molecule has 160 valence electrons. The van der Waals surface area contributed by atoms with Crippen LogP contribution < -0.4 is 4.90 Å². The number of amides is 3. The molecule has 0 aromatic heterocycles. The number of hydrogen-bond donors (Lipinski definition) is 0. The van der Waals surface area contributed by atoms with Crippen LogP contribution >= 0.6 is 11.8 Å². The van der Waals surface area contributed by atoms with E-state index >= 15 is 0 Å². The van der Waals surface area contributed by atoms with Crippen molar-refractivity contribution in [2.75, 3.05) is 18.5 Å². The number of hydrogen-bond acceptors (Lipinski definition) is 3. The summed E-state index contributed by atoms with van der Waals surface area (Å²) < 4.78 is 79.5. The van der Waals surface area contributed by atoms with Crippen molar-refractivity contribution in [2.24, 2.45) is 0 Å². The smallest absolute Gasteiger partial charge is 0.294 e. The second-order valence-corrected chi connectivity index (χ2v) is 6.94. The van der Waals surface area contributed by atoms with Gasteiger partial charge in [-0.3, -0.25) is 14.6 Å². The summed E-state index contributed by atoms with van der Waals surface area (Å²) in [6, 6.07) is 3.95. The Bertz CT molecular complexity index is 960. The van der Waals surface area contributed by atoms with Gasteiger partial charge in [0.05, 0.1) is 5.69 Å². The van der Waals surface area contributed by atoms with Gasteiger partial charge in [-0.15, -0.1) is 6.58 Å². The minimum atomic E-state index is -4.63. The van der Waals surface area contributed by atoms with Crippen molar-refractivity contribution < 1.29 is 35.9 Å². The van der Waals surface area contributed by atoms with Crippen LogP contribution in [0.15, 0.2) is 53.9 Å². The molecule has 0 aliphatic carbocycles. The second kappa shape index (κ2) is 9.24. The number of halogens is 6. The van der Waals surface area contributed by atoms with Crippen molar-refractivity contribution in [1.82, 2.24) is 4.90 Å². The van der Waals surface area contributed by atoms with Gasteiger partial charge in [0, 0.05) is 18.5 Å². The fourth-order valence-corrected chi connectivity index (χ4v) is 3.02. The summed E-state index contributed by atoms with van der Waals surface area (Å²) in [6.07, 6.45) is 1.11. The number of carbonyl (C=O) groups is 2. The van der Waals surface area contributed by atoms with E-state index in [4.69, 9.17) is 0 Å². The molecule has 2 aromatic rings. The van der Waals surface area contributed by atoms with Gasteiger partial charge in [0.1, 0.15) is 23.0 Å². The normalized spacial score (nSPS) is 11.2. The number of benzene rings is 2. The highest BCUT2D eigenvalue weighted by atomic mass is 32.2. The van der Waals surface area contributed by atoms with Crippen molar-refractivity contribution in [3.63, 3.8) is 0 Å². The van der Waals surface area contributed by atoms with Crippen molar-refractivity contribution in [1.29, 1.82) is 0 Å². The molecule has 0 saturated heterocycles. The van der Waals surface area contributed by atoms with Gasteiger partial charge in [0.15, 0.2) is 0 Å². The van der Waals surface area contributed by atoms with Gasteiger partial charge in [-0.05, 0) is 42.1 Å². The largest absolute Gasteiger partial charge is 0.446 e. The molecule has 11 heteroatoms. The number of urea groups is 1. The molecule has 4 nitrogen and oxygen atoms in total. The van der Waals surface area contributed by atoms with Gasteiger partial charge in [-0.25, -0.2) is 18.0 Å². The van der Waals surface area contributed by atoms with Crippen molar-refractivity contribution in [3.05, 3.63) is 72.1 Å². The Morgan fingerprint density at radius 3 is 2.17 bits per heavy atom. The Morgan fingerprint density at radius 1 is 1.07 bits per heavy atom. The zero-order valence-electron chi connectivity index (χ0n) is 15.3. The first-order valence-corrected chi connectivity index (χ1v) is 8.97. The quantitative estimate of drug-likeness (QED) is 0.340. The average Bonchev–Trinajstić information content (AvgIpc) is 2.63. The highest BCUT2D eigenvalue weighted by Crippen LogP contribution is 2.38. The first-order chi connectivity index (χ1) is 14.0. The van der Waals surface area contributed by atoms with Crippen LogP contribution in [-0.2, 0) is 0 Å². The van der Waals surface area contributed by atoms with Gasteiger partial charge in [0.2, 0.25) is 0 Å². The molecule has 0 aliphatic heterocycles. The molecular weight excluding hydrogens is 434 g/mol. The van der Waals surface area contributed by atoms with E-state index in [9.17, 15) is 35.9 Å². The summed E-state index contributed by atoms with van der Waals surface area (Å²) in [7, 11) is 1.05. The number of imide groups is 1. The van der Waals surface area contributed by atoms with E-state index in [2.05, 4.69) is 6.58 Å². The predicted octanol–water partition coefficient (Wildman–Crippen LogP) is 5.60. The zero-order valence-corrected chi connectivity index (χ0v) is 16.2. The average molecular weight is 448 g/mol. The first kappa shape index (κ1) is 23.3. The van der Waals surface area contributed by atoms with Crippen LogP contribution in [-0.4, -0.2) is 35.9 Å². The standard InChI is InChI=1S/C19H14F6N2O2S/c1-3-9-27(17(28)16-12(20)5-4-6-13(16)21)18(29)26(2)15-8-7-11(10-14(15)22)30-19(23,24)25/h3-8,10H,1,9H2,2H3. The molecule has 2 rings (SSSR count). The van der Waals surface area contributed by atoms with Crippen LogP contribution in [0.1, 0.15) is 10.4 Å². The number of nitrogens with zero attached hydrogens (tertiary/aromatic N) is 2. The summed E-state index contributed by atoms with van der Waals surface area (Å²) in [5.41, 5.74) is -6.06. The Morgan fingerprint density at radius 2 is 1.67 bits per heavy atom. The maximum atomic E-state index is 14.3. The van der Waals surface area contributed by atoms with E-state index in [1.165, 1.54) is 0 Å². The summed E-state index contributed by atoms with van der Waals surface area (Å²) in [5, 5.41) is 0. The Balaban J connectivity index is 2.35. The second-order valence-electron chi connectivity index (χ2n) is 5.80. The minimum Gasteiger partial charge on any atom is -0.294 e. The van der Waals surface area contributed by atoms with Crippen LogP contribution in [0, 0.1) is 17.5 Å². The summed E-state index contributed by atoms with van der Waals surface area (Å²) in [4.78, 5) is 25.9. The minimum absolute atomic E-state index is 0.423. The van der Waals surface area contributed by atoms with E-state index < -0.39 is 69.4 Å². The van der Waals surface area contributed by atoms with Crippen LogP contribution in [0.2, 0.25) is 0 Å². The van der Waals surface area contributed by atoms with Crippen molar-refractivity contribution in [2.45, 2.75) is 10.4 Å². The van der Waals surface area contributed by atoms with E-state index in [1.54, 1.807) is 0 Å². The van der Waals surface area contributed by atoms with Gasteiger partial charge in [0.25, 0.3) is 5.91 Å². The van der Waals surface area contributed by atoms with Gasteiger partial charge in [-0.1, -0.05) is 12.1 Å². The van der Waals surface area contributed by atoms with E-state index in [0.717, 1.165) is 43.5 Å². The molecule has 0 unspecified atom stereocenters. The number of anilines is 1. The van der Waals surface area contributed by atoms with E-state index in [0.29, 0.717) is 15.9 Å². The molecule has 0 spiro atoms. The fourth-order valence-electron chi connectivity index (χ4n) is 2.45. The van der Waals surface area contributed by atoms with Crippen LogP contribution in [0.3, 0.4) is 0 Å². The fraction of sp³-hybridized carbons (Fsp3) is 0.158. The third-order valence-electron chi connectivity index (χ3n) is 3.77. The zero-order chi connectivity index (χ0) is 22.6. The molecule has 30 heavy (non-hydrogen) atoms. The lowest BCUT2D eigenvalue weighted by molar-refractivity contribution is -0.0328. The summed E-state index contributed by atoms with van der Waals surface area (Å²) >= 11 is -0.541. The lowest BCUT2D eigenvalue weighted by atomic mass is 10.1. The summed E-state index contributed by atoms with van der Waals surface area (Å²) in [5.74, 6) is -4.90. The van der Waals surface area contributed by atoms with Crippen LogP contribution in [0.25, 0.3) is 0 Å². The predicted molar refractivity (Wildman–Crippen MR) is 99.7 cm³/mol. The molecule has 0 aliphatic rings. The number of rotatable bonds is 5. The molecule has 3 amide bonds.